The van der Waals surface area contributed by atoms with Crippen molar-refractivity contribution in [2.24, 2.45) is 0 Å². The third-order valence-electron chi connectivity index (χ3n) is 12.5. The topological polar surface area (TPSA) is 51.0 Å². The van der Waals surface area contributed by atoms with Crippen LogP contribution in [0.25, 0.3) is 99.2 Å². The van der Waals surface area contributed by atoms with Crippen molar-refractivity contribution in [2.45, 2.75) is 19.3 Å². The smallest absolute Gasteiger partial charge is 0.143 e. The number of rotatable bonds is 5. The van der Waals surface area contributed by atoms with E-state index < -0.39 is 0 Å². The summed E-state index contributed by atoms with van der Waals surface area (Å²) in [6.07, 6.45) is 1.91. The van der Waals surface area contributed by atoms with Gasteiger partial charge in [0.1, 0.15) is 11.2 Å². The van der Waals surface area contributed by atoms with Crippen LogP contribution in [0.3, 0.4) is 0 Å². The molecule has 0 fully saturated rings. The summed E-state index contributed by atoms with van der Waals surface area (Å²) in [5.74, 6) is 0. The van der Waals surface area contributed by atoms with E-state index in [2.05, 4.69) is 195 Å². The number of fused-ring (bicyclic) bond motifs is 12. The highest BCUT2D eigenvalue weighted by molar-refractivity contribution is 6.23. The summed E-state index contributed by atoms with van der Waals surface area (Å²) in [4.78, 5) is 10.3. The van der Waals surface area contributed by atoms with Crippen molar-refractivity contribution in [3.8, 4) is 44.6 Å². The Balaban J connectivity index is 0.886. The zero-order chi connectivity index (χ0) is 39.2. The molecule has 4 nitrogen and oxygen atoms in total. The Morgan fingerprint density at radius 2 is 0.983 bits per heavy atom. The summed E-state index contributed by atoms with van der Waals surface area (Å²) in [6.45, 7) is 4.64. The van der Waals surface area contributed by atoms with Crippen LogP contribution < -0.4 is 5.32 Å². The summed E-state index contributed by atoms with van der Waals surface area (Å²) in [5, 5.41) is 10.5. The molecule has 9 aromatic carbocycles. The van der Waals surface area contributed by atoms with E-state index in [1.165, 1.54) is 33.0 Å². The van der Waals surface area contributed by atoms with Crippen LogP contribution in [0.2, 0.25) is 0 Å². The van der Waals surface area contributed by atoms with E-state index in [1.807, 2.05) is 6.20 Å². The van der Waals surface area contributed by atoms with Gasteiger partial charge in [0.05, 0.1) is 22.9 Å². The number of benzene rings is 9. The van der Waals surface area contributed by atoms with Crippen LogP contribution >= 0.6 is 0 Å². The number of para-hydroxylation sites is 2. The lowest BCUT2D eigenvalue weighted by atomic mass is 9.82. The van der Waals surface area contributed by atoms with Crippen LogP contribution in [-0.4, -0.2) is 9.97 Å². The second kappa shape index (κ2) is 12.7. The quantitative estimate of drug-likeness (QED) is 0.178. The first-order chi connectivity index (χ1) is 29.0. The van der Waals surface area contributed by atoms with Crippen molar-refractivity contribution in [1.82, 2.24) is 9.97 Å². The minimum Gasteiger partial charge on any atom is -0.455 e. The third-order valence-corrected chi connectivity index (χ3v) is 12.5. The minimum atomic E-state index is -0.0425. The van der Waals surface area contributed by atoms with E-state index in [9.17, 15) is 0 Å². The maximum absolute atomic E-state index is 6.89. The number of aromatic nitrogens is 2. The zero-order valence-electron chi connectivity index (χ0n) is 32.6. The molecule has 278 valence electrons. The molecular weight excluding hydrogens is 719 g/mol. The van der Waals surface area contributed by atoms with Gasteiger partial charge in [-0.1, -0.05) is 159 Å². The molecule has 2 aromatic heterocycles. The van der Waals surface area contributed by atoms with Gasteiger partial charge in [-0.15, -0.1) is 0 Å². The fraction of sp³-hybridized carbons (Fsp3) is 0.0545. The van der Waals surface area contributed by atoms with E-state index in [-0.39, 0.29) is 5.41 Å². The molecule has 4 heteroatoms. The molecule has 12 rings (SSSR count). The van der Waals surface area contributed by atoms with Crippen LogP contribution in [0.15, 0.2) is 187 Å². The van der Waals surface area contributed by atoms with Crippen molar-refractivity contribution in [3.63, 3.8) is 0 Å². The SMILES string of the molecule is CC1(C)c2ccccc2-c2ccc(Nc3ccc(-c4cccc5c4oc4c(-c6cccc(-c7cnc8c9ccccc9c9ccccc9c8n7)c6)cccc45)cc3)cc21. The summed E-state index contributed by atoms with van der Waals surface area (Å²) in [6, 6.07) is 62.6. The average Bonchev–Trinajstić information content (AvgIpc) is 3.79. The lowest BCUT2D eigenvalue weighted by molar-refractivity contribution is 0.660. The Morgan fingerprint density at radius 3 is 1.73 bits per heavy atom. The molecule has 0 aliphatic heterocycles. The van der Waals surface area contributed by atoms with Crippen LogP contribution in [0.1, 0.15) is 25.0 Å². The van der Waals surface area contributed by atoms with Crippen LogP contribution in [-0.2, 0) is 5.41 Å². The van der Waals surface area contributed by atoms with E-state index in [1.54, 1.807) is 0 Å². The van der Waals surface area contributed by atoms with Gasteiger partial charge in [-0.05, 0) is 74.5 Å². The van der Waals surface area contributed by atoms with Crippen molar-refractivity contribution in [2.75, 3.05) is 5.32 Å². The first-order valence-electron chi connectivity index (χ1n) is 20.2. The molecule has 11 aromatic rings. The molecule has 0 saturated carbocycles. The van der Waals surface area contributed by atoms with Gasteiger partial charge in [-0.2, -0.15) is 0 Å². The number of hydrogen-bond donors (Lipinski definition) is 1. The first-order valence-corrected chi connectivity index (χ1v) is 20.2. The molecule has 2 heterocycles. The molecule has 0 spiro atoms. The molecule has 0 radical (unpaired) electrons. The molecule has 0 atom stereocenters. The lowest BCUT2D eigenvalue weighted by Gasteiger charge is -2.22. The zero-order valence-corrected chi connectivity index (χ0v) is 32.6. The van der Waals surface area contributed by atoms with Gasteiger partial charge in [0.25, 0.3) is 0 Å². The van der Waals surface area contributed by atoms with E-state index in [0.29, 0.717) is 0 Å². The molecule has 1 aliphatic carbocycles. The Hall–Kier alpha value is -7.56. The fourth-order valence-electron chi connectivity index (χ4n) is 9.56. The highest BCUT2D eigenvalue weighted by Crippen LogP contribution is 2.49. The Morgan fingerprint density at radius 1 is 0.424 bits per heavy atom. The normalized spacial score (nSPS) is 13.1. The monoisotopic (exact) mass is 755 g/mol. The standard InChI is InChI=1S/C55H37N3O/c1-55(2)48-23-8-7-16-42(48)43-29-28-37(31-49(43)55)57-36-26-24-33(25-27-36)38-19-10-21-46-47-22-11-20-39(54(47)59-53(38)46)34-12-9-13-35(30-34)50-32-56-51-44-17-5-3-14-40(44)41-15-4-6-18-45(41)52(51)58-50/h3-32,57H,1-2H3. The van der Waals surface area contributed by atoms with Crippen molar-refractivity contribution >= 4 is 65.9 Å². The first kappa shape index (κ1) is 33.6. The number of nitrogens with zero attached hydrogens (tertiary/aromatic N) is 2. The van der Waals surface area contributed by atoms with E-state index in [4.69, 9.17) is 14.4 Å². The molecule has 0 bridgehead atoms. The fourth-order valence-corrected chi connectivity index (χ4v) is 9.56. The molecule has 59 heavy (non-hydrogen) atoms. The molecule has 1 N–H and O–H groups in total. The second-order valence-electron chi connectivity index (χ2n) is 16.2. The van der Waals surface area contributed by atoms with Crippen LogP contribution in [0.5, 0.6) is 0 Å². The van der Waals surface area contributed by atoms with E-state index >= 15 is 0 Å². The largest absolute Gasteiger partial charge is 0.455 e. The number of nitrogens with one attached hydrogen (secondary N) is 1. The molecular formula is C55H37N3O. The molecule has 0 saturated heterocycles. The molecule has 0 unspecified atom stereocenters. The summed E-state index contributed by atoms with van der Waals surface area (Å²) in [5.41, 5.74) is 17.2. The maximum Gasteiger partial charge on any atom is 0.143 e. The van der Waals surface area contributed by atoms with Gasteiger partial charge in [0, 0.05) is 55.0 Å². The number of furan rings is 1. The van der Waals surface area contributed by atoms with Crippen molar-refractivity contribution < 1.29 is 4.42 Å². The van der Waals surface area contributed by atoms with Crippen molar-refractivity contribution in [3.05, 3.63) is 193 Å². The summed E-state index contributed by atoms with van der Waals surface area (Å²) in [7, 11) is 0. The molecule has 0 amide bonds. The summed E-state index contributed by atoms with van der Waals surface area (Å²) < 4.78 is 6.89. The lowest BCUT2D eigenvalue weighted by Crippen LogP contribution is -2.15. The third kappa shape index (κ3) is 5.16. The minimum absolute atomic E-state index is 0.0425. The predicted molar refractivity (Wildman–Crippen MR) is 245 cm³/mol. The Labute approximate surface area is 341 Å². The Kier molecular flexibility index (Phi) is 7.24. The number of anilines is 2. The van der Waals surface area contributed by atoms with Crippen molar-refractivity contribution in [1.29, 1.82) is 0 Å². The Bertz CT molecular complexity index is 3470. The van der Waals surface area contributed by atoms with Gasteiger partial charge in [0.2, 0.25) is 0 Å². The second-order valence-corrected chi connectivity index (χ2v) is 16.2. The van der Waals surface area contributed by atoms with Gasteiger partial charge in [0.15, 0.2) is 0 Å². The number of hydrogen-bond acceptors (Lipinski definition) is 4. The highest BCUT2D eigenvalue weighted by Gasteiger charge is 2.35. The van der Waals surface area contributed by atoms with Gasteiger partial charge in [-0.3, -0.25) is 4.98 Å². The predicted octanol–water partition coefficient (Wildman–Crippen LogP) is 14.9. The van der Waals surface area contributed by atoms with Gasteiger partial charge < -0.3 is 9.73 Å². The van der Waals surface area contributed by atoms with Gasteiger partial charge >= 0.3 is 0 Å². The van der Waals surface area contributed by atoms with Crippen LogP contribution in [0.4, 0.5) is 11.4 Å². The average molecular weight is 756 g/mol. The maximum atomic E-state index is 6.89. The van der Waals surface area contributed by atoms with Crippen LogP contribution in [0, 0.1) is 0 Å². The highest BCUT2D eigenvalue weighted by atomic mass is 16.3. The summed E-state index contributed by atoms with van der Waals surface area (Å²) >= 11 is 0. The van der Waals surface area contributed by atoms with Gasteiger partial charge in [-0.25, -0.2) is 4.98 Å². The van der Waals surface area contributed by atoms with E-state index in [0.717, 1.165) is 88.6 Å². The molecule has 1 aliphatic rings.